The lowest BCUT2D eigenvalue weighted by molar-refractivity contribution is -0.140. The Bertz CT molecular complexity index is 1070. The molecule has 4 saturated carbocycles. The lowest BCUT2D eigenvalue weighted by Gasteiger charge is -2.60. The van der Waals surface area contributed by atoms with E-state index in [0.29, 0.717) is 15.9 Å². The number of anilines is 2. The average Bonchev–Trinajstić information content (AvgIpc) is 2.88. The summed E-state index contributed by atoms with van der Waals surface area (Å²) in [4.78, 5) is 25.9. The number of carbonyl (C=O) groups excluding carboxylic acids is 1. The molecular formula is C29H37IN4O2. The van der Waals surface area contributed by atoms with Crippen LogP contribution in [0.1, 0.15) is 38.5 Å². The van der Waals surface area contributed by atoms with Crippen LogP contribution < -0.4 is 14.5 Å². The number of methoxy groups -OCH3 is 1. The molecule has 1 aromatic carbocycles. The van der Waals surface area contributed by atoms with Crippen molar-refractivity contribution in [1.82, 2.24) is 9.88 Å². The second kappa shape index (κ2) is 9.78. The second-order valence-corrected chi connectivity index (χ2v) is 13.8. The number of amides is 1. The van der Waals surface area contributed by atoms with E-state index in [1.807, 2.05) is 41.4 Å². The summed E-state index contributed by atoms with van der Waals surface area (Å²) in [6, 6.07) is 14.2. The first kappa shape index (κ1) is 24.5. The maximum Gasteiger partial charge on any atom is 0.234 e. The Hall–Kier alpha value is -1.87. The van der Waals surface area contributed by atoms with Gasteiger partial charge in [-0.25, -0.2) is 4.98 Å². The molecule has 1 aromatic heterocycles. The van der Waals surface area contributed by atoms with E-state index in [2.05, 4.69) is 49.5 Å². The number of pyridine rings is 1. The third-order valence-electron chi connectivity index (χ3n) is 9.05. The van der Waals surface area contributed by atoms with Crippen molar-refractivity contribution >= 4 is 40.0 Å². The van der Waals surface area contributed by atoms with Crippen molar-refractivity contribution in [3.8, 4) is 5.75 Å². The van der Waals surface area contributed by atoms with Crippen LogP contribution in [0.2, 0.25) is 0 Å². The first-order chi connectivity index (χ1) is 17.5. The molecule has 1 amide bonds. The van der Waals surface area contributed by atoms with Gasteiger partial charge in [0, 0.05) is 48.9 Å². The quantitative estimate of drug-likeness (QED) is 0.332. The number of rotatable bonds is 7. The van der Waals surface area contributed by atoms with Gasteiger partial charge in [-0.15, -0.1) is 0 Å². The first-order valence-corrected chi connectivity index (χ1v) is 14.6. The lowest BCUT2D eigenvalue weighted by Crippen LogP contribution is -2.59. The maximum atomic E-state index is 14.4. The van der Waals surface area contributed by atoms with Crippen LogP contribution in [-0.4, -0.2) is 65.6 Å². The molecule has 0 N–H and O–H groups in total. The van der Waals surface area contributed by atoms with Gasteiger partial charge >= 0.3 is 0 Å². The molecule has 7 rings (SSSR count). The molecule has 1 saturated heterocycles. The van der Waals surface area contributed by atoms with E-state index in [-0.39, 0.29) is 5.41 Å². The van der Waals surface area contributed by atoms with E-state index in [1.165, 1.54) is 24.9 Å². The fourth-order valence-electron chi connectivity index (χ4n) is 7.87. The van der Waals surface area contributed by atoms with Crippen molar-refractivity contribution in [3.63, 3.8) is 0 Å². The molecule has 4 bridgehead atoms. The Balaban J connectivity index is 1.15. The topological polar surface area (TPSA) is 48.9 Å². The normalized spacial score (nSPS) is 31.4. The number of halogens is 1. The summed E-state index contributed by atoms with van der Waals surface area (Å²) in [5.41, 5.74) is 0.977. The van der Waals surface area contributed by atoms with Crippen molar-refractivity contribution in [1.29, 1.82) is 0 Å². The Kier molecular flexibility index (Phi) is 6.65. The molecule has 4 aliphatic carbocycles. The fourth-order valence-corrected chi connectivity index (χ4v) is 9.84. The lowest BCUT2D eigenvalue weighted by atomic mass is 9.49. The number of aromatic nitrogens is 1. The van der Waals surface area contributed by atoms with Crippen LogP contribution in [0.4, 0.5) is 11.5 Å². The van der Waals surface area contributed by atoms with Crippen LogP contribution in [0.3, 0.4) is 0 Å². The van der Waals surface area contributed by atoms with Gasteiger partial charge in [0.25, 0.3) is 0 Å². The number of hydrogen-bond donors (Lipinski definition) is 0. The summed E-state index contributed by atoms with van der Waals surface area (Å²) < 4.78 is 5.90. The predicted octanol–water partition coefficient (Wildman–Crippen LogP) is 5.02. The molecule has 0 spiro atoms. The summed E-state index contributed by atoms with van der Waals surface area (Å²) >= 11 is 2.71. The molecule has 5 fully saturated rings. The van der Waals surface area contributed by atoms with E-state index >= 15 is 0 Å². The van der Waals surface area contributed by atoms with Crippen molar-refractivity contribution in [3.05, 3.63) is 48.7 Å². The minimum absolute atomic E-state index is 0.189. The van der Waals surface area contributed by atoms with E-state index in [0.717, 1.165) is 75.4 Å². The van der Waals surface area contributed by atoms with E-state index in [4.69, 9.17) is 4.74 Å². The molecular weight excluding hydrogens is 559 g/mol. The molecule has 7 heteroatoms. The van der Waals surface area contributed by atoms with Gasteiger partial charge in [0.05, 0.1) is 18.2 Å². The first-order valence-electron chi connectivity index (χ1n) is 13.5. The number of nitrogens with zero attached hydrogens (tertiary/aromatic N) is 4. The van der Waals surface area contributed by atoms with E-state index < -0.39 is 0 Å². The summed E-state index contributed by atoms with van der Waals surface area (Å²) in [6.07, 6.45) is 8.97. The number of benzene rings is 1. The van der Waals surface area contributed by atoms with Crippen molar-refractivity contribution < 1.29 is 9.53 Å². The molecule has 0 radical (unpaired) electrons. The third kappa shape index (κ3) is 4.62. The van der Waals surface area contributed by atoms with E-state index in [9.17, 15) is 4.79 Å². The zero-order valence-electron chi connectivity index (χ0n) is 21.2. The largest absolute Gasteiger partial charge is 0.495 e. The van der Waals surface area contributed by atoms with Crippen LogP contribution in [-0.2, 0) is 4.79 Å². The highest BCUT2D eigenvalue weighted by Crippen LogP contribution is 2.65. The van der Waals surface area contributed by atoms with Gasteiger partial charge in [0.15, 0.2) is 0 Å². The second-order valence-electron chi connectivity index (χ2n) is 11.5. The fraction of sp³-hybridized carbons (Fsp3) is 0.586. The van der Waals surface area contributed by atoms with Gasteiger partial charge in [-0.3, -0.25) is 14.6 Å². The zero-order chi connectivity index (χ0) is 24.8. The molecule has 192 valence electrons. The zero-order valence-corrected chi connectivity index (χ0v) is 23.4. The van der Waals surface area contributed by atoms with Gasteiger partial charge in [-0.1, -0.05) is 40.8 Å². The predicted molar refractivity (Wildman–Crippen MR) is 152 cm³/mol. The van der Waals surface area contributed by atoms with Crippen LogP contribution in [0.5, 0.6) is 5.75 Å². The standard InChI is InChI=1S/C29H37IN4O2/c1-36-25-7-3-2-6-24(25)33-13-10-32(11-14-33)12-15-34(26-8-4-5-9-31-26)27(35)28-17-22-16-23(18-28)20-29(30,19-22)21-28/h2-9,22-23H,10-21H2,1H3/t22-,23+,28?,29?/i30-4. The minimum Gasteiger partial charge on any atom is -0.495 e. The van der Waals surface area contributed by atoms with Crippen LogP contribution >= 0.6 is 22.6 Å². The van der Waals surface area contributed by atoms with Gasteiger partial charge in [0.1, 0.15) is 11.6 Å². The third-order valence-corrected chi connectivity index (χ3v) is 10.3. The average molecular weight is 597 g/mol. The number of piperazine rings is 1. The number of alkyl halides is 1. The molecule has 1 aliphatic heterocycles. The highest BCUT2D eigenvalue weighted by molar-refractivity contribution is 14.1. The molecule has 36 heavy (non-hydrogen) atoms. The highest BCUT2D eigenvalue weighted by atomic mass is 123. The molecule has 2 aromatic rings. The number of ether oxygens (including phenoxy) is 1. The van der Waals surface area contributed by atoms with Crippen LogP contribution in [0, 0.1) is 17.3 Å². The van der Waals surface area contributed by atoms with Gasteiger partial charge in [-0.2, -0.15) is 0 Å². The Labute approximate surface area is 228 Å². The van der Waals surface area contributed by atoms with E-state index in [1.54, 1.807) is 7.11 Å². The smallest absolute Gasteiger partial charge is 0.234 e. The Morgan fingerprint density at radius 2 is 1.78 bits per heavy atom. The van der Waals surface area contributed by atoms with Crippen LogP contribution in [0.25, 0.3) is 0 Å². The highest BCUT2D eigenvalue weighted by Gasteiger charge is 2.60. The summed E-state index contributed by atoms with van der Waals surface area (Å²) in [6.45, 7) is 5.46. The van der Waals surface area contributed by atoms with Gasteiger partial charge in [-0.05, 0) is 74.6 Å². The molecule has 4 atom stereocenters. The molecule has 5 aliphatic rings. The maximum absolute atomic E-state index is 14.4. The number of para-hydroxylation sites is 2. The van der Waals surface area contributed by atoms with Crippen molar-refractivity contribution in [2.24, 2.45) is 17.3 Å². The SMILES string of the molecule is COc1ccccc1N1CCN(CCN(C(=O)C23C[C@@H]4C[C@@H](CC([123I])(C4)C2)C3)c2ccccn2)CC1. The van der Waals surface area contributed by atoms with Gasteiger partial charge in [0.2, 0.25) is 5.91 Å². The minimum atomic E-state index is -0.189. The molecule has 2 unspecified atom stereocenters. The van der Waals surface area contributed by atoms with Crippen LogP contribution in [0.15, 0.2) is 48.7 Å². The Morgan fingerprint density at radius 3 is 2.44 bits per heavy atom. The molecule has 6 nitrogen and oxygen atoms in total. The van der Waals surface area contributed by atoms with Crippen molar-refractivity contribution in [2.75, 3.05) is 56.2 Å². The summed E-state index contributed by atoms with van der Waals surface area (Å²) in [7, 11) is 1.74. The Morgan fingerprint density at radius 1 is 1.06 bits per heavy atom. The molecule has 2 heterocycles. The number of carbonyl (C=O) groups is 1. The monoisotopic (exact) mass is 596 g/mol. The van der Waals surface area contributed by atoms with Gasteiger partial charge < -0.3 is 9.64 Å². The number of hydrogen-bond acceptors (Lipinski definition) is 5. The summed E-state index contributed by atoms with van der Waals surface area (Å²) in [5.74, 6) is 3.53. The summed E-state index contributed by atoms with van der Waals surface area (Å²) in [5, 5.41) is 0. The van der Waals surface area contributed by atoms with Crippen molar-refractivity contribution in [2.45, 2.75) is 41.9 Å².